The number of hydrogen-bond acceptors (Lipinski definition) is 3. The topological polar surface area (TPSA) is 66.5 Å². The molecule has 1 amide bonds. The molecular formula is C18H21BrN2O3S. The number of halogens is 1. The average molecular weight is 425 g/mol. The number of nitrogens with zero attached hydrogens (tertiary/aromatic N) is 1. The summed E-state index contributed by atoms with van der Waals surface area (Å²) < 4.78 is 27.1. The van der Waals surface area contributed by atoms with Crippen LogP contribution in [-0.4, -0.2) is 32.2 Å². The maximum Gasteiger partial charge on any atom is 0.243 e. The molecule has 0 fully saturated rings. The Morgan fingerprint density at radius 1 is 1.16 bits per heavy atom. The minimum atomic E-state index is -3.70. The van der Waals surface area contributed by atoms with Gasteiger partial charge in [-0.05, 0) is 54.8 Å². The summed E-state index contributed by atoms with van der Waals surface area (Å²) in [7, 11) is -2.30. The van der Waals surface area contributed by atoms with Crippen LogP contribution in [-0.2, 0) is 21.2 Å². The smallest absolute Gasteiger partial charge is 0.243 e. The maximum absolute atomic E-state index is 12.6. The molecule has 2 rings (SSSR count). The Morgan fingerprint density at radius 3 is 2.36 bits per heavy atom. The number of hydrogen-bond donors (Lipinski definition) is 1. The van der Waals surface area contributed by atoms with Crippen LogP contribution >= 0.6 is 15.9 Å². The summed E-state index contributed by atoms with van der Waals surface area (Å²) in [4.78, 5) is 12.4. The highest BCUT2D eigenvalue weighted by Gasteiger charge is 2.23. The third kappa shape index (κ3) is 4.90. The van der Waals surface area contributed by atoms with Gasteiger partial charge in [0.05, 0.1) is 11.4 Å². The van der Waals surface area contributed by atoms with Gasteiger partial charge in [-0.1, -0.05) is 35.0 Å². The van der Waals surface area contributed by atoms with Crippen molar-refractivity contribution in [3.63, 3.8) is 0 Å². The maximum atomic E-state index is 12.6. The first-order valence-corrected chi connectivity index (χ1v) is 10.1. The van der Waals surface area contributed by atoms with Gasteiger partial charge in [-0.15, -0.1) is 0 Å². The molecule has 5 nitrogen and oxygen atoms in total. The zero-order valence-corrected chi connectivity index (χ0v) is 16.8. The average Bonchev–Trinajstić information content (AvgIpc) is 2.57. The quantitative estimate of drug-likeness (QED) is 0.770. The van der Waals surface area contributed by atoms with Gasteiger partial charge in [0.1, 0.15) is 0 Å². The standard InChI is InChI=1S/C18H21BrN2O3S/c1-4-14-5-8-16(9-6-14)25(23,24)21(3)12-18(22)20-17-10-7-15(19)11-13(17)2/h5-11H,4,12H2,1-3H3,(H,20,22). The van der Waals surface area contributed by atoms with Crippen molar-refractivity contribution in [2.75, 3.05) is 18.9 Å². The summed E-state index contributed by atoms with van der Waals surface area (Å²) in [6.07, 6.45) is 0.838. The number of carbonyl (C=O) groups excluding carboxylic acids is 1. The minimum Gasteiger partial charge on any atom is -0.325 e. The summed E-state index contributed by atoms with van der Waals surface area (Å²) in [5.41, 5.74) is 2.61. The molecule has 2 aromatic rings. The Morgan fingerprint density at radius 2 is 1.80 bits per heavy atom. The number of sulfonamides is 1. The van der Waals surface area contributed by atoms with Crippen LogP contribution in [0.1, 0.15) is 18.1 Å². The van der Waals surface area contributed by atoms with E-state index in [1.165, 1.54) is 7.05 Å². The monoisotopic (exact) mass is 424 g/mol. The van der Waals surface area contributed by atoms with E-state index in [2.05, 4.69) is 21.2 Å². The second-order valence-corrected chi connectivity index (χ2v) is 8.73. The van der Waals surface area contributed by atoms with Crippen molar-refractivity contribution < 1.29 is 13.2 Å². The number of nitrogens with one attached hydrogen (secondary N) is 1. The molecule has 7 heteroatoms. The van der Waals surface area contributed by atoms with Gasteiger partial charge < -0.3 is 5.32 Å². The van der Waals surface area contributed by atoms with Gasteiger partial charge in [0.15, 0.2) is 0 Å². The summed E-state index contributed by atoms with van der Waals surface area (Å²) in [5.74, 6) is -0.387. The lowest BCUT2D eigenvalue weighted by atomic mass is 10.2. The predicted molar refractivity (Wildman–Crippen MR) is 103 cm³/mol. The predicted octanol–water partition coefficient (Wildman–Crippen LogP) is 3.58. The fourth-order valence-electron chi connectivity index (χ4n) is 2.32. The second-order valence-electron chi connectivity index (χ2n) is 5.77. The van der Waals surface area contributed by atoms with Crippen LogP contribution in [0, 0.1) is 6.92 Å². The summed E-state index contributed by atoms with van der Waals surface area (Å²) in [6.45, 7) is 3.62. The Kier molecular flexibility index (Phi) is 6.37. The van der Waals surface area contributed by atoms with Gasteiger partial charge in [0.25, 0.3) is 0 Å². The number of anilines is 1. The van der Waals surface area contributed by atoms with E-state index in [0.29, 0.717) is 5.69 Å². The Hall–Kier alpha value is -1.70. The molecule has 0 bridgehead atoms. The largest absolute Gasteiger partial charge is 0.325 e. The molecule has 0 unspecified atom stereocenters. The number of benzene rings is 2. The van der Waals surface area contributed by atoms with E-state index in [1.54, 1.807) is 30.3 Å². The van der Waals surface area contributed by atoms with Crippen molar-refractivity contribution in [2.24, 2.45) is 0 Å². The van der Waals surface area contributed by atoms with Crippen molar-refractivity contribution in [1.82, 2.24) is 4.31 Å². The van der Waals surface area contributed by atoms with Gasteiger partial charge in [-0.2, -0.15) is 4.31 Å². The Labute approximate surface area is 157 Å². The third-order valence-electron chi connectivity index (χ3n) is 3.87. The first-order valence-electron chi connectivity index (χ1n) is 7.85. The van der Waals surface area contributed by atoms with Crippen molar-refractivity contribution in [2.45, 2.75) is 25.2 Å². The second kappa shape index (κ2) is 8.12. The number of aryl methyl sites for hydroxylation is 2. The van der Waals surface area contributed by atoms with Gasteiger partial charge >= 0.3 is 0 Å². The Bertz CT molecular complexity index is 864. The normalized spacial score (nSPS) is 11.6. The zero-order valence-electron chi connectivity index (χ0n) is 14.4. The molecule has 0 saturated carbocycles. The van der Waals surface area contributed by atoms with Gasteiger partial charge in [-0.25, -0.2) is 8.42 Å². The van der Waals surface area contributed by atoms with Gasteiger partial charge in [0, 0.05) is 17.2 Å². The van der Waals surface area contributed by atoms with Crippen LogP contribution < -0.4 is 5.32 Å². The highest BCUT2D eigenvalue weighted by atomic mass is 79.9. The minimum absolute atomic E-state index is 0.180. The molecule has 0 aliphatic carbocycles. The van der Waals surface area contributed by atoms with Gasteiger partial charge in [-0.3, -0.25) is 4.79 Å². The third-order valence-corrected chi connectivity index (χ3v) is 6.18. The molecule has 0 saturated heterocycles. The van der Waals surface area contributed by atoms with Crippen LogP contribution in [0.5, 0.6) is 0 Å². The fourth-order valence-corrected chi connectivity index (χ4v) is 3.92. The molecule has 0 spiro atoms. The van der Waals surface area contributed by atoms with Crippen LogP contribution in [0.15, 0.2) is 51.8 Å². The van der Waals surface area contributed by atoms with E-state index in [4.69, 9.17) is 0 Å². The SMILES string of the molecule is CCc1ccc(S(=O)(=O)N(C)CC(=O)Nc2ccc(Br)cc2C)cc1. The van der Waals surface area contributed by atoms with Crippen molar-refractivity contribution in [3.05, 3.63) is 58.1 Å². The molecule has 0 heterocycles. The van der Waals surface area contributed by atoms with Crippen LogP contribution in [0.25, 0.3) is 0 Å². The van der Waals surface area contributed by atoms with Crippen LogP contribution in [0.2, 0.25) is 0 Å². The highest BCUT2D eigenvalue weighted by Crippen LogP contribution is 2.20. The molecule has 25 heavy (non-hydrogen) atoms. The number of amides is 1. The first kappa shape index (κ1) is 19.6. The van der Waals surface area contributed by atoms with E-state index >= 15 is 0 Å². The number of rotatable bonds is 6. The fraction of sp³-hybridized carbons (Fsp3) is 0.278. The van der Waals surface area contributed by atoms with E-state index < -0.39 is 10.0 Å². The molecule has 0 aliphatic rings. The molecule has 134 valence electrons. The zero-order chi connectivity index (χ0) is 18.6. The molecule has 0 radical (unpaired) electrons. The highest BCUT2D eigenvalue weighted by molar-refractivity contribution is 9.10. The lowest BCUT2D eigenvalue weighted by Crippen LogP contribution is -2.35. The van der Waals surface area contributed by atoms with Crippen LogP contribution in [0.4, 0.5) is 5.69 Å². The molecule has 0 atom stereocenters. The van der Waals surface area contributed by atoms with Crippen LogP contribution in [0.3, 0.4) is 0 Å². The van der Waals surface area contributed by atoms with Gasteiger partial charge in [0.2, 0.25) is 15.9 Å². The molecule has 0 aliphatic heterocycles. The van der Waals surface area contributed by atoms with Crippen molar-refractivity contribution >= 4 is 37.5 Å². The lowest BCUT2D eigenvalue weighted by molar-refractivity contribution is -0.116. The first-order chi connectivity index (χ1) is 11.7. The molecule has 1 N–H and O–H groups in total. The Balaban J connectivity index is 2.08. The molecular weight excluding hydrogens is 404 g/mol. The number of likely N-dealkylation sites (N-methyl/N-ethyl adjacent to an activating group) is 1. The van der Waals surface area contributed by atoms with E-state index in [9.17, 15) is 13.2 Å². The number of carbonyl (C=O) groups is 1. The molecule has 0 aromatic heterocycles. The summed E-state index contributed by atoms with van der Waals surface area (Å²) >= 11 is 3.36. The van der Waals surface area contributed by atoms with E-state index in [-0.39, 0.29) is 17.3 Å². The van der Waals surface area contributed by atoms with Crippen molar-refractivity contribution in [3.8, 4) is 0 Å². The van der Waals surface area contributed by atoms with E-state index in [1.807, 2.05) is 26.0 Å². The molecule has 2 aromatic carbocycles. The summed E-state index contributed by atoms with van der Waals surface area (Å²) in [6, 6.07) is 12.2. The lowest BCUT2D eigenvalue weighted by Gasteiger charge is -2.17. The van der Waals surface area contributed by atoms with Crippen molar-refractivity contribution in [1.29, 1.82) is 0 Å². The van der Waals surface area contributed by atoms with E-state index in [0.717, 1.165) is 26.3 Å². The summed E-state index contributed by atoms with van der Waals surface area (Å²) in [5, 5.41) is 2.74.